The van der Waals surface area contributed by atoms with Crippen molar-refractivity contribution in [1.29, 1.82) is 5.26 Å². The Morgan fingerprint density at radius 2 is 2.31 bits per heavy atom. The number of nitrogens with two attached hydrogens (primary N) is 1. The average Bonchev–Trinajstić information content (AvgIpc) is 2.43. The van der Waals surface area contributed by atoms with E-state index in [1.165, 1.54) is 0 Å². The van der Waals surface area contributed by atoms with Crippen LogP contribution in [0, 0.1) is 11.3 Å². The first-order valence-corrected chi connectivity index (χ1v) is 4.25. The second-order valence-corrected chi connectivity index (χ2v) is 3.48. The maximum absolute atomic E-state index is 8.84. The van der Waals surface area contributed by atoms with E-state index in [4.69, 9.17) is 18.8 Å². The molecule has 0 fully saturated rings. The number of fused-ring (bicyclic) bond motifs is 1. The molecule has 1 aromatic rings. The third-order valence-corrected chi connectivity index (χ3v) is 2.59. The molecule has 0 saturated heterocycles. The molecule has 0 spiro atoms. The molecule has 13 heavy (non-hydrogen) atoms. The predicted molar refractivity (Wildman–Crippen MR) is 51.1 cm³/mol. The van der Waals surface area contributed by atoms with Crippen molar-refractivity contribution in [1.82, 2.24) is 0 Å². The first-order chi connectivity index (χ1) is 6.15. The lowest BCUT2D eigenvalue weighted by molar-refractivity contribution is 0.631. The molecule has 2 nitrogen and oxygen atoms in total. The first kappa shape index (κ1) is 8.34. The molecule has 3 heteroatoms. The molecule has 2 N–H and O–H groups in total. The van der Waals surface area contributed by atoms with Crippen LogP contribution in [0.1, 0.15) is 23.1 Å². The Kier molecular flexibility index (Phi) is 1.68. The van der Waals surface area contributed by atoms with Crippen molar-refractivity contribution in [2.75, 3.05) is 0 Å². The van der Waals surface area contributed by atoms with Gasteiger partial charge in [0.25, 0.3) is 0 Å². The van der Waals surface area contributed by atoms with Crippen LogP contribution in [0.15, 0.2) is 18.2 Å². The summed E-state index contributed by atoms with van der Waals surface area (Å²) in [5.74, 6) is 0. The summed E-state index contributed by atoms with van der Waals surface area (Å²) in [7, 11) is 5.88. The van der Waals surface area contributed by atoms with Gasteiger partial charge in [-0.25, -0.2) is 0 Å². The van der Waals surface area contributed by atoms with Crippen molar-refractivity contribution in [3.05, 3.63) is 34.9 Å². The Morgan fingerprint density at radius 1 is 1.54 bits per heavy atom. The zero-order valence-corrected chi connectivity index (χ0v) is 7.25. The standard InChI is InChI=1S/C10H9BN2/c11-10(13)5-4-8-7(6-12)2-1-3-9(8)10/h1-3H,4-5,13H2/t10-/m0/s1. The molecule has 2 rings (SSSR count). The lowest BCUT2D eigenvalue weighted by atomic mass is 9.74. The Balaban J connectivity index is 2.64. The van der Waals surface area contributed by atoms with E-state index in [-0.39, 0.29) is 0 Å². The van der Waals surface area contributed by atoms with Crippen molar-refractivity contribution in [2.45, 2.75) is 18.3 Å². The fraction of sp³-hybridized carbons (Fsp3) is 0.300. The Hall–Kier alpha value is -1.27. The van der Waals surface area contributed by atoms with E-state index in [0.29, 0.717) is 5.56 Å². The molecule has 0 heterocycles. The second-order valence-electron chi connectivity index (χ2n) is 3.48. The molecule has 0 aliphatic heterocycles. The molecule has 0 bridgehead atoms. The fourth-order valence-electron chi connectivity index (χ4n) is 1.86. The summed E-state index contributed by atoms with van der Waals surface area (Å²) in [6.45, 7) is 0. The van der Waals surface area contributed by atoms with E-state index in [0.717, 1.165) is 24.0 Å². The van der Waals surface area contributed by atoms with Crippen LogP contribution in [0.2, 0.25) is 0 Å². The quantitative estimate of drug-likeness (QED) is 0.582. The van der Waals surface area contributed by atoms with Gasteiger partial charge in [0.2, 0.25) is 0 Å². The normalized spacial score (nSPS) is 25.2. The maximum atomic E-state index is 8.84. The molecule has 2 radical (unpaired) electrons. The first-order valence-electron chi connectivity index (χ1n) is 4.25. The molecule has 1 atom stereocenters. The van der Waals surface area contributed by atoms with Gasteiger partial charge in [-0.05, 0) is 30.0 Å². The van der Waals surface area contributed by atoms with Gasteiger partial charge in [-0.2, -0.15) is 5.26 Å². The Bertz CT molecular complexity index is 390. The topological polar surface area (TPSA) is 49.8 Å². The highest BCUT2D eigenvalue weighted by Crippen LogP contribution is 2.33. The lowest BCUT2D eigenvalue weighted by Crippen LogP contribution is -2.34. The number of benzene rings is 1. The molecule has 1 aliphatic carbocycles. The minimum absolute atomic E-state index is 0.704. The van der Waals surface area contributed by atoms with Gasteiger partial charge in [0, 0.05) is 5.44 Å². The minimum atomic E-state index is -0.734. The summed E-state index contributed by atoms with van der Waals surface area (Å²) in [5.41, 5.74) is 7.80. The third-order valence-electron chi connectivity index (χ3n) is 2.59. The van der Waals surface area contributed by atoms with Crippen molar-refractivity contribution in [3.63, 3.8) is 0 Å². The van der Waals surface area contributed by atoms with Crippen LogP contribution in [0.5, 0.6) is 0 Å². The van der Waals surface area contributed by atoms with Crippen LogP contribution >= 0.6 is 0 Å². The summed E-state index contributed by atoms with van der Waals surface area (Å²) in [6.07, 6.45) is 1.53. The SMILES string of the molecule is [B][C@]1(N)CCc2c(C#N)cccc21. The summed E-state index contributed by atoms with van der Waals surface area (Å²) in [6, 6.07) is 7.70. The van der Waals surface area contributed by atoms with Crippen LogP contribution in [0.3, 0.4) is 0 Å². The maximum Gasteiger partial charge on any atom is 0.102 e. The molecule has 0 aromatic heterocycles. The summed E-state index contributed by atoms with van der Waals surface area (Å²) >= 11 is 0. The Morgan fingerprint density at radius 3 is 3.00 bits per heavy atom. The van der Waals surface area contributed by atoms with E-state index in [1.807, 2.05) is 12.1 Å². The van der Waals surface area contributed by atoms with Crippen LogP contribution in [-0.2, 0) is 11.9 Å². The van der Waals surface area contributed by atoms with E-state index >= 15 is 0 Å². The van der Waals surface area contributed by atoms with Gasteiger partial charge in [-0.3, -0.25) is 0 Å². The monoisotopic (exact) mass is 168 g/mol. The zero-order valence-electron chi connectivity index (χ0n) is 7.25. The number of hydrogen-bond donors (Lipinski definition) is 1. The number of hydrogen-bond acceptors (Lipinski definition) is 2. The largest absolute Gasteiger partial charge is 0.329 e. The smallest absolute Gasteiger partial charge is 0.102 e. The summed E-state index contributed by atoms with van der Waals surface area (Å²) in [5, 5.41) is 8.84. The van der Waals surface area contributed by atoms with Gasteiger partial charge in [0.15, 0.2) is 0 Å². The van der Waals surface area contributed by atoms with E-state index in [2.05, 4.69) is 6.07 Å². The predicted octanol–water partition coefficient (Wildman–Crippen LogP) is 0.784. The number of rotatable bonds is 0. The van der Waals surface area contributed by atoms with Crippen LogP contribution in [0.4, 0.5) is 0 Å². The van der Waals surface area contributed by atoms with Crippen molar-refractivity contribution < 1.29 is 0 Å². The molecule has 0 unspecified atom stereocenters. The van der Waals surface area contributed by atoms with Crippen molar-refractivity contribution in [3.8, 4) is 6.07 Å². The summed E-state index contributed by atoms with van der Waals surface area (Å²) in [4.78, 5) is 0. The number of nitriles is 1. The zero-order chi connectivity index (χ0) is 9.47. The van der Waals surface area contributed by atoms with E-state index in [9.17, 15) is 0 Å². The highest BCUT2D eigenvalue weighted by Gasteiger charge is 2.30. The minimum Gasteiger partial charge on any atom is -0.329 e. The van der Waals surface area contributed by atoms with Crippen molar-refractivity contribution in [2.24, 2.45) is 5.73 Å². The number of nitrogens with zero attached hydrogens (tertiary/aromatic N) is 1. The van der Waals surface area contributed by atoms with Crippen LogP contribution < -0.4 is 5.73 Å². The molecule has 1 aliphatic rings. The third kappa shape index (κ3) is 1.15. The summed E-state index contributed by atoms with van der Waals surface area (Å²) < 4.78 is 0. The van der Waals surface area contributed by atoms with Crippen molar-refractivity contribution >= 4 is 7.85 Å². The Labute approximate surface area is 78.8 Å². The van der Waals surface area contributed by atoms with Gasteiger partial charge >= 0.3 is 0 Å². The van der Waals surface area contributed by atoms with Gasteiger partial charge in [-0.1, -0.05) is 12.1 Å². The van der Waals surface area contributed by atoms with Crippen LogP contribution in [-0.4, -0.2) is 7.85 Å². The van der Waals surface area contributed by atoms with Gasteiger partial charge in [0.1, 0.15) is 7.85 Å². The highest BCUT2D eigenvalue weighted by atomic mass is 14.7. The molecule has 1 aromatic carbocycles. The van der Waals surface area contributed by atoms with Gasteiger partial charge in [0.05, 0.1) is 11.6 Å². The lowest BCUT2D eigenvalue weighted by Gasteiger charge is -2.19. The van der Waals surface area contributed by atoms with Crippen LogP contribution in [0.25, 0.3) is 0 Å². The molecular weight excluding hydrogens is 159 g/mol. The van der Waals surface area contributed by atoms with Gasteiger partial charge in [-0.15, -0.1) is 0 Å². The molecule has 0 saturated carbocycles. The average molecular weight is 168 g/mol. The van der Waals surface area contributed by atoms with E-state index < -0.39 is 5.44 Å². The highest BCUT2D eigenvalue weighted by molar-refractivity contribution is 6.16. The second kappa shape index (κ2) is 2.61. The fourth-order valence-corrected chi connectivity index (χ4v) is 1.86. The van der Waals surface area contributed by atoms with E-state index in [1.54, 1.807) is 6.07 Å². The molecule has 62 valence electrons. The van der Waals surface area contributed by atoms with Gasteiger partial charge < -0.3 is 5.73 Å². The molecular formula is C10H9BN2. The molecule has 0 amide bonds.